The molecule has 3 aromatic carbocycles. The molecule has 1 aliphatic heterocycles. The summed E-state index contributed by atoms with van der Waals surface area (Å²) in [5.74, 6) is -0.0316. The van der Waals surface area contributed by atoms with Crippen molar-refractivity contribution in [1.29, 1.82) is 0 Å². The Morgan fingerprint density at radius 1 is 1.00 bits per heavy atom. The summed E-state index contributed by atoms with van der Waals surface area (Å²) in [4.78, 5) is 14.8. The smallest absolute Gasteiger partial charge is 0.259 e. The van der Waals surface area contributed by atoms with E-state index in [4.69, 9.17) is 16.3 Å². The van der Waals surface area contributed by atoms with Gasteiger partial charge in [-0.25, -0.2) is 0 Å². The summed E-state index contributed by atoms with van der Waals surface area (Å²) in [6.45, 7) is 2.39. The van der Waals surface area contributed by atoms with Crippen LogP contribution in [0.4, 0.5) is 5.69 Å². The first-order valence-electron chi connectivity index (χ1n) is 9.05. The third-order valence-corrected chi connectivity index (χ3v) is 5.97. The molecule has 0 bridgehead atoms. The molecule has 1 saturated heterocycles. The van der Waals surface area contributed by atoms with Crippen LogP contribution in [0.3, 0.4) is 0 Å². The van der Waals surface area contributed by atoms with Crippen molar-refractivity contribution in [1.82, 2.24) is 0 Å². The number of anilines is 1. The van der Waals surface area contributed by atoms with Crippen LogP contribution in [-0.4, -0.2) is 12.0 Å². The number of hydrogen-bond donors (Lipinski definition) is 0. The van der Waals surface area contributed by atoms with Gasteiger partial charge >= 0.3 is 0 Å². The SMILES string of the molecule is Cc1ccc(N2C(=O)[C@@H](OCc3ccccc3Br)[C@H]2c2ccc(Cl)cc2)cc1. The summed E-state index contributed by atoms with van der Waals surface area (Å²) in [6, 6.07) is 23.3. The van der Waals surface area contributed by atoms with E-state index in [-0.39, 0.29) is 11.9 Å². The number of β-lactam (4-membered cyclic amide) rings is 1. The normalized spacial score (nSPS) is 18.8. The van der Waals surface area contributed by atoms with Crippen LogP contribution in [0.1, 0.15) is 22.7 Å². The third kappa shape index (κ3) is 3.72. The van der Waals surface area contributed by atoms with E-state index < -0.39 is 6.10 Å². The number of ether oxygens (including phenoxy) is 1. The zero-order valence-corrected chi connectivity index (χ0v) is 17.7. The van der Waals surface area contributed by atoms with E-state index in [1.807, 2.05) is 79.7 Å². The highest BCUT2D eigenvalue weighted by Crippen LogP contribution is 2.41. The lowest BCUT2D eigenvalue weighted by atomic mass is 9.89. The van der Waals surface area contributed by atoms with E-state index in [1.54, 1.807) is 4.90 Å². The predicted octanol–water partition coefficient (Wildman–Crippen LogP) is 6.08. The zero-order chi connectivity index (χ0) is 19.7. The van der Waals surface area contributed by atoms with Gasteiger partial charge in [0.15, 0.2) is 6.10 Å². The first kappa shape index (κ1) is 19.2. The Labute approximate surface area is 178 Å². The van der Waals surface area contributed by atoms with Crippen LogP contribution in [0.25, 0.3) is 0 Å². The van der Waals surface area contributed by atoms with Gasteiger partial charge in [0.25, 0.3) is 5.91 Å². The van der Waals surface area contributed by atoms with Crippen molar-refractivity contribution >= 4 is 39.1 Å². The summed E-state index contributed by atoms with van der Waals surface area (Å²) in [5, 5.41) is 0.668. The molecular formula is C23H19BrClNO2. The second-order valence-electron chi connectivity index (χ2n) is 6.86. The Hall–Kier alpha value is -2.14. The van der Waals surface area contributed by atoms with E-state index in [9.17, 15) is 4.79 Å². The minimum atomic E-state index is -0.533. The van der Waals surface area contributed by atoms with Crippen LogP contribution in [0.15, 0.2) is 77.3 Å². The van der Waals surface area contributed by atoms with Crippen molar-refractivity contribution < 1.29 is 9.53 Å². The lowest BCUT2D eigenvalue weighted by Gasteiger charge is -2.47. The minimum Gasteiger partial charge on any atom is -0.361 e. The fourth-order valence-electron chi connectivity index (χ4n) is 3.40. The average molecular weight is 457 g/mol. The topological polar surface area (TPSA) is 29.5 Å². The molecule has 0 saturated carbocycles. The van der Waals surface area contributed by atoms with Crippen LogP contribution in [0, 0.1) is 6.92 Å². The molecule has 4 rings (SSSR count). The van der Waals surface area contributed by atoms with Crippen LogP contribution in [0.2, 0.25) is 5.02 Å². The third-order valence-electron chi connectivity index (χ3n) is 4.95. The van der Waals surface area contributed by atoms with Gasteiger partial charge in [0, 0.05) is 15.2 Å². The van der Waals surface area contributed by atoms with Gasteiger partial charge in [-0.2, -0.15) is 0 Å². The molecule has 1 amide bonds. The standard InChI is InChI=1S/C23H19BrClNO2/c1-15-6-12-19(13-7-15)26-21(16-8-10-18(25)11-9-16)22(23(26)27)28-14-17-4-2-3-5-20(17)24/h2-13,21-22H,14H2,1H3/t21-,22+/m1/s1. The summed E-state index contributed by atoms with van der Waals surface area (Å²) < 4.78 is 7.05. The highest BCUT2D eigenvalue weighted by molar-refractivity contribution is 9.10. The maximum Gasteiger partial charge on any atom is 0.259 e. The predicted molar refractivity (Wildman–Crippen MR) is 116 cm³/mol. The van der Waals surface area contributed by atoms with Gasteiger partial charge in [-0.1, -0.05) is 75.6 Å². The number of rotatable bonds is 5. The van der Waals surface area contributed by atoms with Crippen LogP contribution in [0.5, 0.6) is 0 Å². The maximum atomic E-state index is 13.0. The van der Waals surface area contributed by atoms with Gasteiger partial charge in [-0.15, -0.1) is 0 Å². The first-order valence-corrected chi connectivity index (χ1v) is 10.2. The van der Waals surface area contributed by atoms with Gasteiger partial charge in [0.1, 0.15) is 0 Å². The molecule has 0 radical (unpaired) electrons. The Balaban J connectivity index is 1.61. The summed E-state index contributed by atoms with van der Waals surface area (Å²) in [5.41, 5.74) is 4.04. The van der Waals surface area contributed by atoms with E-state index in [1.165, 1.54) is 0 Å². The number of nitrogens with zero attached hydrogens (tertiary/aromatic N) is 1. The maximum absolute atomic E-state index is 13.0. The van der Waals surface area contributed by atoms with Gasteiger partial charge < -0.3 is 4.74 Å². The molecule has 28 heavy (non-hydrogen) atoms. The van der Waals surface area contributed by atoms with E-state index in [2.05, 4.69) is 15.9 Å². The van der Waals surface area contributed by atoms with Crippen molar-refractivity contribution in [2.75, 3.05) is 4.90 Å². The fraction of sp³-hybridized carbons (Fsp3) is 0.174. The van der Waals surface area contributed by atoms with Gasteiger partial charge in [-0.05, 0) is 48.4 Å². The van der Waals surface area contributed by atoms with Crippen molar-refractivity contribution in [3.05, 3.63) is 99.0 Å². The van der Waals surface area contributed by atoms with Crippen LogP contribution in [-0.2, 0) is 16.1 Å². The molecule has 1 fully saturated rings. The Morgan fingerprint density at radius 2 is 1.68 bits per heavy atom. The molecule has 5 heteroatoms. The Bertz CT molecular complexity index is 988. The number of halogens is 2. The van der Waals surface area contributed by atoms with Gasteiger partial charge in [-0.3, -0.25) is 9.69 Å². The molecule has 1 heterocycles. The summed E-state index contributed by atoms with van der Waals surface area (Å²) in [6.07, 6.45) is -0.533. The fourth-order valence-corrected chi connectivity index (χ4v) is 3.92. The molecule has 0 aliphatic carbocycles. The molecule has 0 spiro atoms. The van der Waals surface area contributed by atoms with Crippen LogP contribution >= 0.6 is 27.5 Å². The number of aryl methyl sites for hydroxylation is 1. The molecule has 0 unspecified atom stereocenters. The minimum absolute atomic E-state index is 0.0316. The van der Waals surface area contributed by atoms with Crippen molar-refractivity contribution in [3.8, 4) is 0 Å². The van der Waals surface area contributed by atoms with Crippen molar-refractivity contribution in [3.63, 3.8) is 0 Å². The monoisotopic (exact) mass is 455 g/mol. The summed E-state index contributed by atoms with van der Waals surface area (Å²) in [7, 11) is 0. The highest BCUT2D eigenvalue weighted by atomic mass is 79.9. The molecular weight excluding hydrogens is 438 g/mol. The number of amides is 1. The number of carbonyl (C=O) groups excluding carboxylic acids is 1. The van der Waals surface area contributed by atoms with E-state index in [0.717, 1.165) is 26.9 Å². The van der Waals surface area contributed by atoms with Crippen molar-refractivity contribution in [2.24, 2.45) is 0 Å². The molecule has 3 aromatic rings. The summed E-state index contributed by atoms with van der Waals surface area (Å²) >= 11 is 9.59. The Kier molecular flexibility index (Phi) is 5.54. The molecule has 0 aromatic heterocycles. The van der Waals surface area contributed by atoms with Crippen molar-refractivity contribution in [2.45, 2.75) is 25.7 Å². The van der Waals surface area contributed by atoms with Crippen LogP contribution < -0.4 is 4.90 Å². The molecule has 142 valence electrons. The van der Waals surface area contributed by atoms with E-state index in [0.29, 0.717) is 11.6 Å². The first-order chi connectivity index (χ1) is 13.5. The quantitative estimate of drug-likeness (QED) is 0.435. The van der Waals surface area contributed by atoms with E-state index >= 15 is 0 Å². The number of benzene rings is 3. The Morgan fingerprint density at radius 3 is 2.36 bits per heavy atom. The second kappa shape index (κ2) is 8.08. The molecule has 2 atom stereocenters. The molecule has 0 N–H and O–H groups in total. The number of hydrogen-bond acceptors (Lipinski definition) is 2. The van der Waals surface area contributed by atoms with Gasteiger partial charge in [0.05, 0.1) is 12.6 Å². The molecule has 3 nitrogen and oxygen atoms in total. The second-order valence-corrected chi connectivity index (χ2v) is 8.15. The average Bonchev–Trinajstić information content (AvgIpc) is 2.70. The lowest BCUT2D eigenvalue weighted by Crippen LogP contribution is -2.60. The number of carbonyl (C=O) groups is 1. The zero-order valence-electron chi connectivity index (χ0n) is 15.3. The molecule has 1 aliphatic rings. The lowest BCUT2D eigenvalue weighted by molar-refractivity contribution is -0.143. The van der Waals surface area contributed by atoms with Gasteiger partial charge in [0.2, 0.25) is 0 Å². The largest absolute Gasteiger partial charge is 0.361 e. The highest BCUT2D eigenvalue weighted by Gasteiger charge is 2.49.